The van der Waals surface area contributed by atoms with Gasteiger partial charge in [-0.25, -0.2) is 0 Å². The highest BCUT2D eigenvalue weighted by Gasteiger charge is 2.23. The number of pyridine rings is 1. The van der Waals surface area contributed by atoms with E-state index < -0.39 is 0 Å². The fraction of sp³-hybridized carbons (Fsp3) is 0.533. The van der Waals surface area contributed by atoms with Gasteiger partial charge in [0.15, 0.2) is 0 Å². The Kier molecular flexibility index (Phi) is 6.15. The van der Waals surface area contributed by atoms with Crippen molar-refractivity contribution in [1.29, 1.82) is 0 Å². The van der Waals surface area contributed by atoms with E-state index in [2.05, 4.69) is 20.9 Å². The van der Waals surface area contributed by atoms with E-state index in [0.717, 1.165) is 25.1 Å². The first-order valence-electron chi connectivity index (χ1n) is 7.40. The SMILES string of the molecule is O=C1CCC(C(=O)NCCCNCc2cccnc2)CN1. The fourth-order valence-electron chi connectivity index (χ4n) is 2.26. The van der Waals surface area contributed by atoms with Crippen LogP contribution in [0.1, 0.15) is 24.8 Å². The first-order valence-corrected chi connectivity index (χ1v) is 7.40. The van der Waals surface area contributed by atoms with Crippen LogP contribution in [0.4, 0.5) is 0 Å². The first-order chi connectivity index (χ1) is 10.3. The molecule has 0 saturated carbocycles. The summed E-state index contributed by atoms with van der Waals surface area (Å²) in [6.07, 6.45) is 5.58. The predicted molar refractivity (Wildman–Crippen MR) is 79.3 cm³/mol. The number of piperidine rings is 1. The highest BCUT2D eigenvalue weighted by Crippen LogP contribution is 2.10. The van der Waals surface area contributed by atoms with Crippen LogP contribution in [0.25, 0.3) is 0 Å². The Morgan fingerprint density at radius 1 is 1.43 bits per heavy atom. The smallest absolute Gasteiger partial charge is 0.224 e. The molecule has 2 amide bonds. The third kappa shape index (κ3) is 5.51. The molecule has 1 unspecified atom stereocenters. The van der Waals surface area contributed by atoms with Crippen LogP contribution in [0.15, 0.2) is 24.5 Å². The summed E-state index contributed by atoms with van der Waals surface area (Å²) in [6.45, 7) is 2.75. The second-order valence-corrected chi connectivity index (χ2v) is 5.22. The molecule has 6 heteroatoms. The molecule has 1 atom stereocenters. The van der Waals surface area contributed by atoms with E-state index in [1.54, 1.807) is 6.20 Å². The summed E-state index contributed by atoms with van der Waals surface area (Å²) in [4.78, 5) is 26.9. The van der Waals surface area contributed by atoms with Gasteiger partial charge >= 0.3 is 0 Å². The third-order valence-corrected chi connectivity index (χ3v) is 3.52. The number of hydrogen-bond acceptors (Lipinski definition) is 4. The number of carbonyl (C=O) groups is 2. The first kappa shape index (κ1) is 15.4. The lowest BCUT2D eigenvalue weighted by Crippen LogP contribution is -2.43. The number of amides is 2. The van der Waals surface area contributed by atoms with Crippen LogP contribution >= 0.6 is 0 Å². The molecule has 6 nitrogen and oxygen atoms in total. The van der Waals surface area contributed by atoms with Crippen molar-refractivity contribution in [2.45, 2.75) is 25.8 Å². The van der Waals surface area contributed by atoms with E-state index in [-0.39, 0.29) is 17.7 Å². The van der Waals surface area contributed by atoms with Crippen molar-refractivity contribution in [1.82, 2.24) is 20.9 Å². The zero-order chi connectivity index (χ0) is 14.9. The van der Waals surface area contributed by atoms with Crippen LogP contribution in [0.3, 0.4) is 0 Å². The Hall–Kier alpha value is -1.95. The highest BCUT2D eigenvalue weighted by molar-refractivity contribution is 5.83. The molecule has 1 aromatic rings. The van der Waals surface area contributed by atoms with Gasteiger partial charge in [0.25, 0.3) is 0 Å². The van der Waals surface area contributed by atoms with Crippen LogP contribution in [-0.2, 0) is 16.1 Å². The fourth-order valence-corrected chi connectivity index (χ4v) is 2.26. The predicted octanol–water partition coefficient (Wildman–Crippen LogP) is 0.204. The second-order valence-electron chi connectivity index (χ2n) is 5.22. The topological polar surface area (TPSA) is 83.1 Å². The molecule has 1 saturated heterocycles. The van der Waals surface area contributed by atoms with Gasteiger partial charge in [0.1, 0.15) is 0 Å². The molecule has 114 valence electrons. The number of hydrogen-bond donors (Lipinski definition) is 3. The summed E-state index contributed by atoms with van der Waals surface area (Å²) in [5.41, 5.74) is 1.15. The van der Waals surface area contributed by atoms with E-state index in [9.17, 15) is 9.59 Å². The maximum absolute atomic E-state index is 11.9. The molecule has 1 fully saturated rings. The summed E-state index contributed by atoms with van der Waals surface area (Å²) in [5, 5.41) is 8.96. The molecular formula is C15H22N4O2. The van der Waals surface area contributed by atoms with E-state index in [4.69, 9.17) is 0 Å². The van der Waals surface area contributed by atoms with Gasteiger partial charge in [0.05, 0.1) is 5.92 Å². The standard InChI is InChI=1S/C15H22N4O2/c20-14-5-4-13(11-19-14)15(21)18-8-2-7-17-10-12-3-1-6-16-9-12/h1,3,6,9,13,17H,2,4-5,7-8,10-11H2,(H,18,21)(H,19,20). The average Bonchev–Trinajstić information content (AvgIpc) is 2.52. The largest absolute Gasteiger partial charge is 0.356 e. The van der Waals surface area contributed by atoms with Crippen molar-refractivity contribution in [2.75, 3.05) is 19.6 Å². The maximum Gasteiger partial charge on any atom is 0.224 e. The zero-order valence-corrected chi connectivity index (χ0v) is 12.1. The number of nitrogens with zero attached hydrogens (tertiary/aromatic N) is 1. The van der Waals surface area contributed by atoms with Gasteiger partial charge in [0.2, 0.25) is 11.8 Å². The van der Waals surface area contributed by atoms with E-state index in [1.807, 2.05) is 18.3 Å². The second kappa shape index (κ2) is 8.36. The van der Waals surface area contributed by atoms with Gasteiger partial charge in [0, 0.05) is 38.4 Å². The molecule has 2 heterocycles. The molecule has 1 aliphatic rings. The minimum Gasteiger partial charge on any atom is -0.356 e. The Morgan fingerprint density at radius 3 is 3.05 bits per heavy atom. The van der Waals surface area contributed by atoms with Crippen LogP contribution < -0.4 is 16.0 Å². The molecule has 0 aromatic carbocycles. The monoisotopic (exact) mass is 290 g/mol. The maximum atomic E-state index is 11.9. The Morgan fingerprint density at radius 2 is 2.33 bits per heavy atom. The Bertz CT molecular complexity index is 454. The minimum atomic E-state index is -0.0777. The molecule has 1 aliphatic heterocycles. The molecule has 0 spiro atoms. The van der Waals surface area contributed by atoms with Crippen molar-refractivity contribution in [3.05, 3.63) is 30.1 Å². The summed E-state index contributed by atoms with van der Waals surface area (Å²) < 4.78 is 0. The van der Waals surface area contributed by atoms with Gasteiger partial charge in [-0.05, 0) is 31.0 Å². The van der Waals surface area contributed by atoms with Gasteiger partial charge in [-0.15, -0.1) is 0 Å². The van der Waals surface area contributed by atoms with Crippen LogP contribution in [0.2, 0.25) is 0 Å². The van der Waals surface area contributed by atoms with Crippen molar-refractivity contribution in [3.8, 4) is 0 Å². The molecule has 2 rings (SSSR count). The van der Waals surface area contributed by atoms with Crippen molar-refractivity contribution < 1.29 is 9.59 Å². The molecule has 1 aromatic heterocycles. The quantitative estimate of drug-likeness (QED) is 0.627. The van der Waals surface area contributed by atoms with Crippen molar-refractivity contribution in [2.24, 2.45) is 5.92 Å². The highest BCUT2D eigenvalue weighted by atomic mass is 16.2. The zero-order valence-electron chi connectivity index (χ0n) is 12.1. The van der Waals surface area contributed by atoms with Gasteiger partial charge in [-0.3, -0.25) is 14.6 Å². The van der Waals surface area contributed by atoms with E-state index in [1.165, 1.54) is 0 Å². The van der Waals surface area contributed by atoms with Crippen LogP contribution in [-0.4, -0.2) is 36.4 Å². The van der Waals surface area contributed by atoms with Gasteiger partial charge in [-0.1, -0.05) is 6.07 Å². The van der Waals surface area contributed by atoms with E-state index >= 15 is 0 Å². The van der Waals surface area contributed by atoms with E-state index in [0.29, 0.717) is 25.9 Å². The molecular weight excluding hydrogens is 268 g/mol. The minimum absolute atomic E-state index is 0.0404. The average molecular weight is 290 g/mol. The lowest BCUT2D eigenvalue weighted by Gasteiger charge is -2.21. The number of rotatable bonds is 7. The molecule has 0 radical (unpaired) electrons. The summed E-state index contributed by atoms with van der Waals surface area (Å²) in [6, 6.07) is 3.94. The molecule has 0 bridgehead atoms. The van der Waals surface area contributed by atoms with Gasteiger partial charge < -0.3 is 16.0 Å². The lowest BCUT2D eigenvalue weighted by atomic mass is 9.98. The van der Waals surface area contributed by atoms with Crippen molar-refractivity contribution >= 4 is 11.8 Å². The van der Waals surface area contributed by atoms with Crippen LogP contribution in [0.5, 0.6) is 0 Å². The molecule has 3 N–H and O–H groups in total. The Balaban J connectivity index is 1.51. The summed E-state index contributed by atoms with van der Waals surface area (Å²) in [7, 11) is 0. The van der Waals surface area contributed by atoms with Gasteiger partial charge in [-0.2, -0.15) is 0 Å². The number of nitrogens with one attached hydrogen (secondary N) is 3. The third-order valence-electron chi connectivity index (χ3n) is 3.52. The summed E-state index contributed by atoms with van der Waals surface area (Å²) in [5.74, 6) is 0.00645. The Labute approximate surface area is 124 Å². The lowest BCUT2D eigenvalue weighted by molar-refractivity contribution is -0.128. The van der Waals surface area contributed by atoms with Crippen LogP contribution in [0, 0.1) is 5.92 Å². The molecule has 21 heavy (non-hydrogen) atoms. The normalized spacial score (nSPS) is 18.1. The van der Waals surface area contributed by atoms with Crippen molar-refractivity contribution in [3.63, 3.8) is 0 Å². The summed E-state index contributed by atoms with van der Waals surface area (Å²) >= 11 is 0. The molecule has 0 aliphatic carbocycles. The number of aromatic nitrogens is 1. The number of carbonyl (C=O) groups excluding carboxylic acids is 2.